The van der Waals surface area contributed by atoms with Gasteiger partial charge in [-0.1, -0.05) is 22.0 Å². The number of carbonyl (C=O) groups is 1. The zero-order valence-electron chi connectivity index (χ0n) is 12.7. The van der Waals surface area contributed by atoms with Gasteiger partial charge >= 0.3 is 0 Å². The summed E-state index contributed by atoms with van der Waals surface area (Å²) in [5, 5.41) is 13.6. The van der Waals surface area contributed by atoms with Gasteiger partial charge < -0.3 is 5.32 Å². The Kier molecular flexibility index (Phi) is 5.05. The van der Waals surface area contributed by atoms with Crippen LogP contribution in [-0.2, 0) is 9.84 Å². The molecule has 0 aliphatic rings. The van der Waals surface area contributed by atoms with Crippen molar-refractivity contribution in [2.24, 2.45) is 0 Å². The molecule has 7 nitrogen and oxygen atoms in total. The standard InChI is InChI=1S/C15H13BrN2O5S/c1-9-3-4-11(16)7-14(9)17-15(19)10-5-12(18(20)21)8-13(6-10)24(2,22)23/h3-8H,1-2H3,(H,17,19). The van der Waals surface area contributed by atoms with Crippen LogP contribution < -0.4 is 5.32 Å². The average molecular weight is 413 g/mol. The largest absolute Gasteiger partial charge is 0.322 e. The molecule has 0 atom stereocenters. The van der Waals surface area contributed by atoms with Crippen molar-refractivity contribution in [3.8, 4) is 0 Å². The third-order valence-corrected chi connectivity index (χ3v) is 4.83. The molecule has 0 heterocycles. The van der Waals surface area contributed by atoms with E-state index in [9.17, 15) is 23.3 Å². The molecule has 2 aromatic carbocycles. The fraction of sp³-hybridized carbons (Fsp3) is 0.133. The van der Waals surface area contributed by atoms with Crippen LogP contribution in [0.1, 0.15) is 15.9 Å². The van der Waals surface area contributed by atoms with Crippen molar-refractivity contribution < 1.29 is 18.1 Å². The third-order valence-electron chi connectivity index (χ3n) is 3.24. The Bertz CT molecular complexity index is 941. The smallest absolute Gasteiger partial charge is 0.271 e. The molecular formula is C15H13BrN2O5S. The number of aryl methyl sites for hydroxylation is 1. The average Bonchev–Trinajstić information content (AvgIpc) is 2.49. The van der Waals surface area contributed by atoms with Crippen molar-refractivity contribution in [2.75, 3.05) is 11.6 Å². The molecule has 1 N–H and O–H groups in total. The number of nitro benzene ring substituents is 1. The SMILES string of the molecule is Cc1ccc(Br)cc1NC(=O)c1cc([N+](=O)[O-])cc(S(C)(=O)=O)c1. The van der Waals surface area contributed by atoms with E-state index in [2.05, 4.69) is 21.2 Å². The molecule has 1 amide bonds. The molecule has 126 valence electrons. The number of non-ortho nitro benzene ring substituents is 1. The van der Waals surface area contributed by atoms with Crippen LogP contribution in [0.15, 0.2) is 45.8 Å². The second-order valence-corrected chi connectivity index (χ2v) is 8.09. The Morgan fingerprint density at radius 2 is 1.88 bits per heavy atom. The molecule has 24 heavy (non-hydrogen) atoms. The second-order valence-electron chi connectivity index (χ2n) is 5.16. The second kappa shape index (κ2) is 6.70. The molecule has 0 aromatic heterocycles. The van der Waals surface area contributed by atoms with Crippen molar-refractivity contribution in [1.29, 1.82) is 0 Å². The fourth-order valence-corrected chi connectivity index (χ4v) is 2.99. The summed E-state index contributed by atoms with van der Waals surface area (Å²) in [6, 6.07) is 8.36. The van der Waals surface area contributed by atoms with Crippen molar-refractivity contribution in [1.82, 2.24) is 0 Å². The van der Waals surface area contributed by atoms with E-state index < -0.39 is 26.4 Å². The van der Waals surface area contributed by atoms with E-state index in [1.807, 2.05) is 0 Å². The van der Waals surface area contributed by atoms with Gasteiger partial charge in [-0.25, -0.2) is 8.42 Å². The number of hydrogen-bond acceptors (Lipinski definition) is 5. The first-order valence-electron chi connectivity index (χ1n) is 6.65. The topological polar surface area (TPSA) is 106 Å². The third kappa shape index (κ3) is 4.18. The highest BCUT2D eigenvalue weighted by Gasteiger charge is 2.19. The highest BCUT2D eigenvalue weighted by Crippen LogP contribution is 2.24. The normalized spacial score (nSPS) is 11.1. The maximum absolute atomic E-state index is 12.4. The highest BCUT2D eigenvalue weighted by atomic mass is 79.9. The summed E-state index contributed by atoms with van der Waals surface area (Å²) >= 11 is 3.29. The molecule has 9 heteroatoms. The van der Waals surface area contributed by atoms with Crippen molar-refractivity contribution >= 4 is 43.0 Å². The number of anilines is 1. The number of rotatable bonds is 4. The van der Waals surface area contributed by atoms with Gasteiger partial charge in [0.1, 0.15) is 0 Å². The van der Waals surface area contributed by atoms with E-state index in [0.29, 0.717) is 5.69 Å². The molecule has 0 aliphatic heterocycles. The number of benzene rings is 2. The van der Waals surface area contributed by atoms with Crippen LogP contribution in [0.5, 0.6) is 0 Å². The quantitative estimate of drug-likeness (QED) is 0.611. The molecule has 0 fully saturated rings. The van der Waals surface area contributed by atoms with Gasteiger partial charge in [-0.2, -0.15) is 0 Å². The zero-order chi connectivity index (χ0) is 18.1. The number of carbonyl (C=O) groups excluding carboxylic acids is 1. The van der Waals surface area contributed by atoms with Crippen LogP contribution in [0.25, 0.3) is 0 Å². The summed E-state index contributed by atoms with van der Waals surface area (Å²) in [6.45, 7) is 1.79. The monoisotopic (exact) mass is 412 g/mol. The first kappa shape index (κ1) is 18.1. The number of nitrogens with zero attached hydrogens (tertiary/aromatic N) is 1. The number of halogens is 1. The van der Waals surface area contributed by atoms with Gasteiger partial charge in [-0.05, 0) is 30.7 Å². The van der Waals surface area contributed by atoms with Crippen molar-refractivity contribution in [3.05, 3.63) is 62.1 Å². The van der Waals surface area contributed by atoms with Gasteiger partial charge in [0.2, 0.25) is 0 Å². The van der Waals surface area contributed by atoms with E-state index in [1.54, 1.807) is 25.1 Å². The van der Waals surface area contributed by atoms with Gasteiger partial charge in [0.25, 0.3) is 11.6 Å². The first-order valence-corrected chi connectivity index (χ1v) is 9.33. The van der Waals surface area contributed by atoms with E-state index >= 15 is 0 Å². The van der Waals surface area contributed by atoms with Gasteiger partial charge in [0.05, 0.1) is 9.82 Å². The van der Waals surface area contributed by atoms with E-state index in [4.69, 9.17) is 0 Å². The van der Waals surface area contributed by atoms with Crippen LogP contribution in [-0.4, -0.2) is 25.5 Å². The molecule has 0 unspecified atom stereocenters. The molecular weight excluding hydrogens is 400 g/mol. The van der Waals surface area contributed by atoms with Gasteiger partial charge in [-0.15, -0.1) is 0 Å². The molecule has 0 bridgehead atoms. The Labute approximate surface area is 146 Å². The number of amides is 1. The minimum atomic E-state index is -3.69. The summed E-state index contributed by atoms with van der Waals surface area (Å²) in [6.07, 6.45) is 0.923. The number of nitro groups is 1. The lowest BCUT2D eigenvalue weighted by molar-refractivity contribution is -0.385. The molecule has 2 aromatic rings. The maximum Gasteiger partial charge on any atom is 0.271 e. The van der Waals surface area contributed by atoms with E-state index in [-0.39, 0.29) is 10.5 Å². The molecule has 0 spiro atoms. The lowest BCUT2D eigenvalue weighted by Crippen LogP contribution is -2.14. The number of nitrogens with one attached hydrogen (secondary N) is 1. The van der Waals surface area contributed by atoms with E-state index in [1.165, 1.54) is 0 Å². The Morgan fingerprint density at radius 3 is 2.46 bits per heavy atom. The lowest BCUT2D eigenvalue weighted by atomic mass is 10.1. The van der Waals surface area contributed by atoms with Crippen molar-refractivity contribution in [3.63, 3.8) is 0 Å². The Hall–Kier alpha value is -2.26. The van der Waals surface area contributed by atoms with Crippen molar-refractivity contribution in [2.45, 2.75) is 11.8 Å². The Morgan fingerprint density at radius 1 is 1.21 bits per heavy atom. The van der Waals surface area contributed by atoms with Crippen LogP contribution in [0.2, 0.25) is 0 Å². The number of sulfone groups is 1. The Balaban J connectivity index is 2.47. The van der Waals surface area contributed by atoms with Crippen LogP contribution in [0, 0.1) is 17.0 Å². The zero-order valence-corrected chi connectivity index (χ0v) is 15.1. The summed E-state index contributed by atoms with van der Waals surface area (Å²) in [5.74, 6) is -0.634. The molecule has 0 radical (unpaired) electrons. The minimum absolute atomic E-state index is 0.107. The first-order chi connectivity index (χ1) is 11.1. The lowest BCUT2D eigenvalue weighted by Gasteiger charge is -2.10. The molecule has 0 saturated heterocycles. The number of hydrogen-bond donors (Lipinski definition) is 1. The van der Waals surface area contributed by atoms with Gasteiger partial charge in [0.15, 0.2) is 9.84 Å². The van der Waals surface area contributed by atoms with Crippen LogP contribution in [0.3, 0.4) is 0 Å². The summed E-state index contributed by atoms with van der Waals surface area (Å²) in [5.41, 5.74) is 0.736. The molecule has 0 saturated carbocycles. The molecule has 0 aliphatic carbocycles. The fourth-order valence-electron chi connectivity index (χ4n) is 1.96. The maximum atomic E-state index is 12.4. The highest BCUT2D eigenvalue weighted by molar-refractivity contribution is 9.10. The van der Waals surface area contributed by atoms with Gasteiger partial charge in [-0.3, -0.25) is 14.9 Å². The predicted molar refractivity (Wildman–Crippen MR) is 93.0 cm³/mol. The summed E-state index contributed by atoms with van der Waals surface area (Å²) < 4.78 is 24.1. The summed E-state index contributed by atoms with van der Waals surface area (Å²) in [7, 11) is -3.69. The molecule has 2 rings (SSSR count). The minimum Gasteiger partial charge on any atom is -0.322 e. The predicted octanol–water partition coefficient (Wildman–Crippen LogP) is 3.32. The van der Waals surface area contributed by atoms with Crippen LogP contribution in [0.4, 0.5) is 11.4 Å². The summed E-state index contributed by atoms with van der Waals surface area (Å²) in [4.78, 5) is 22.3. The van der Waals surface area contributed by atoms with Gasteiger partial charge in [0, 0.05) is 34.1 Å². The van der Waals surface area contributed by atoms with E-state index in [0.717, 1.165) is 34.5 Å². The van der Waals surface area contributed by atoms with Crippen LogP contribution >= 0.6 is 15.9 Å².